The van der Waals surface area contributed by atoms with Crippen LogP contribution in [0.4, 0.5) is 4.39 Å². The minimum absolute atomic E-state index is 0.0384. The molecule has 2 N–H and O–H groups in total. The van der Waals surface area contributed by atoms with Crippen LogP contribution in [0.1, 0.15) is 22.3 Å². The summed E-state index contributed by atoms with van der Waals surface area (Å²) in [6, 6.07) is 15.5. The van der Waals surface area contributed by atoms with Crippen molar-refractivity contribution in [2.75, 3.05) is 19.7 Å². The Morgan fingerprint density at radius 1 is 1.20 bits per heavy atom. The summed E-state index contributed by atoms with van der Waals surface area (Å²) in [5.74, 6) is -0.329. The lowest BCUT2D eigenvalue weighted by Crippen LogP contribution is -2.53. The molecule has 0 radical (unpaired) electrons. The van der Waals surface area contributed by atoms with Crippen molar-refractivity contribution in [2.45, 2.75) is 19.0 Å². The van der Waals surface area contributed by atoms with Gasteiger partial charge in [0.15, 0.2) is 0 Å². The maximum Gasteiger partial charge on any atom is 0.251 e. The smallest absolute Gasteiger partial charge is 0.251 e. The zero-order valence-corrected chi connectivity index (χ0v) is 14.1. The first kappa shape index (κ1) is 17.6. The van der Waals surface area contributed by atoms with Crippen LogP contribution in [0, 0.1) is 11.7 Å². The van der Waals surface area contributed by atoms with E-state index >= 15 is 0 Å². The Labute approximate surface area is 147 Å². The molecule has 0 aromatic heterocycles. The summed E-state index contributed by atoms with van der Waals surface area (Å²) in [5, 5.41) is 12.7. The molecule has 0 unspecified atom stereocenters. The molecule has 2 aromatic rings. The Balaban J connectivity index is 1.65. The fraction of sp³-hybridized carbons (Fsp3) is 0.350. The fourth-order valence-electron chi connectivity index (χ4n) is 3.33. The average molecular weight is 342 g/mol. The van der Waals surface area contributed by atoms with Crippen LogP contribution in [-0.2, 0) is 6.54 Å². The lowest BCUT2D eigenvalue weighted by molar-refractivity contribution is 0.0730. The number of aliphatic hydroxyl groups is 1. The highest BCUT2D eigenvalue weighted by atomic mass is 19.1. The summed E-state index contributed by atoms with van der Waals surface area (Å²) in [6.45, 7) is 2.14. The van der Waals surface area contributed by atoms with Crippen LogP contribution in [0.25, 0.3) is 0 Å². The van der Waals surface area contributed by atoms with E-state index in [4.69, 9.17) is 0 Å². The van der Waals surface area contributed by atoms with Gasteiger partial charge in [0.05, 0.1) is 0 Å². The fourth-order valence-corrected chi connectivity index (χ4v) is 3.33. The first-order valence-electron chi connectivity index (χ1n) is 8.59. The average Bonchev–Trinajstić information content (AvgIpc) is 2.63. The van der Waals surface area contributed by atoms with Crippen molar-refractivity contribution >= 4 is 5.91 Å². The van der Waals surface area contributed by atoms with Crippen LogP contribution in [0.15, 0.2) is 54.6 Å². The highest BCUT2D eigenvalue weighted by molar-refractivity contribution is 5.94. The van der Waals surface area contributed by atoms with Gasteiger partial charge in [0.25, 0.3) is 5.91 Å². The van der Waals surface area contributed by atoms with Gasteiger partial charge >= 0.3 is 0 Å². The van der Waals surface area contributed by atoms with Crippen molar-refractivity contribution < 1.29 is 14.3 Å². The Morgan fingerprint density at radius 2 is 2.00 bits per heavy atom. The number of aliphatic hydroxyl groups excluding tert-OH is 1. The molecule has 1 heterocycles. The van der Waals surface area contributed by atoms with Gasteiger partial charge < -0.3 is 10.4 Å². The molecular weight excluding hydrogens is 319 g/mol. The lowest BCUT2D eigenvalue weighted by Gasteiger charge is -2.38. The van der Waals surface area contributed by atoms with Crippen molar-refractivity contribution in [1.29, 1.82) is 0 Å². The summed E-state index contributed by atoms with van der Waals surface area (Å²) >= 11 is 0. The van der Waals surface area contributed by atoms with Gasteiger partial charge in [-0.3, -0.25) is 9.69 Å². The molecule has 3 rings (SSSR count). The number of piperidine rings is 1. The number of amides is 1. The summed E-state index contributed by atoms with van der Waals surface area (Å²) in [7, 11) is 0. The normalized spacial score (nSPS) is 21.0. The molecule has 1 aliphatic rings. The number of nitrogens with one attached hydrogen (secondary N) is 1. The molecule has 2 atom stereocenters. The maximum absolute atomic E-state index is 13.4. The second-order valence-corrected chi connectivity index (χ2v) is 6.54. The first-order chi connectivity index (χ1) is 12.2. The van der Waals surface area contributed by atoms with E-state index in [1.54, 1.807) is 18.2 Å². The molecule has 5 heteroatoms. The Hall–Kier alpha value is -2.24. The van der Waals surface area contributed by atoms with E-state index in [1.165, 1.54) is 12.1 Å². The largest absolute Gasteiger partial charge is 0.396 e. The molecule has 2 aromatic carbocycles. The molecule has 132 valence electrons. The molecule has 4 nitrogen and oxygen atoms in total. The predicted molar refractivity (Wildman–Crippen MR) is 94.6 cm³/mol. The van der Waals surface area contributed by atoms with Crippen molar-refractivity contribution in [3.63, 3.8) is 0 Å². The van der Waals surface area contributed by atoms with Crippen molar-refractivity contribution in [1.82, 2.24) is 10.2 Å². The molecule has 1 saturated heterocycles. The van der Waals surface area contributed by atoms with Crippen molar-refractivity contribution in [3.05, 3.63) is 71.5 Å². The predicted octanol–water partition coefficient (Wildman–Crippen LogP) is 2.44. The van der Waals surface area contributed by atoms with E-state index in [-0.39, 0.29) is 30.3 Å². The second-order valence-electron chi connectivity index (χ2n) is 6.54. The van der Waals surface area contributed by atoms with E-state index in [1.807, 2.05) is 24.3 Å². The van der Waals surface area contributed by atoms with Gasteiger partial charge in [-0.05, 0) is 42.8 Å². The first-order valence-corrected chi connectivity index (χ1v) is 8.59. The van der Waals surface area contributed by atoms with Gasteiger partial charge in [-0.25, -0.2) is 4.39 Å². The number of hydrogen-bond donors (Lipinski definition) is 2. The van der Waals surface area contributed by atoms with Gasteiger partial charge in [-0.15, -0.1) is 0 Å². The number of hydrogen-bond acceptors (Lipinski definition) is 3. The number of rotatable bonds is 5. The third-order valence-electron chi connectivity index (χ3n) is 4.72. The lowest BCUT2D eigenvalue weighted by atomic mass is 9.91. The van der Waals surface area contributed by atoms with E-state index in [9.17, 15) is 14.3 Å². The van der Waals surface area contributed by atoms with Crippen LogP contribution >= 0.6 is 0 Å². The molecule has 1 fully saturated rings. The van der Waals surface area contributed by atoms with Gasteiger partial charge in [-0.2, -0.15) is 0 Å². The molecule has 1 aliphatic heterocycles. The van der Waals surface area contributed by atoms with Gasteiger partial charge in [0.1, 0.15) is 5.82 Å². The Morgan fingerprint density at radius 3 is 2.72 bits per heavy atom. The quantitative estimate of drug-likeness (QED) is 0.878. The third kappa shape index (κ3) is 4.65. The zero-order chi connectivity index (χ0) is 17.6. The number of carbonyl (C=O) groups is 1. The SMILES string of the molecule is O=C(N[C@@H]1CN(Cc2cccc(F)c2)CC[C@@H]1CO)c1ccccc1. The maximum atomic E-state index is 13.4. The number of halogens is 1. The number of carbonyl (C=O) groups excluding carboxylic acids is 1. The van der Waals surface area contributed by atoms with Gasteiger partial charge in [0.2, 0.25) is 0 Å². The standard InChI is InChI=1S/C20H23FN2O2/c21-18-8-4-5-15(11-18)12-23-10-9-17(14-24)19(13-23)22-20(25)16-6-2-1-3-7-16/h1-8,11,17,19,24H,9-10,12-14H2,(H,22,25)/t17-,19-/m1/s1. The Kier molecular flexibility index (Phi) is 5.79. The zero-order valence-electron chi connectivity index (χ0n) is 14.1. The van der Waals surface area contributed by atoms with Crippen LogP contribution in [0.5, 0.6) is 0 Å². The van der Waals surface area contributed by atoms with Crippen LogP contribution in [0.3, 0.4) is 0 Å². The van der Waals surface area contributed by atoms with Crippen LogP contribution in [-0.4, -0.2) is 41.7 Å². The van der Waals surface area contributed by atoms with Crippen molar-refractivity contribution in [3.8, 4) is 0 Å². The molecule has 0 aliphatic carbocycles. The minimum atomic E-state index is -0.239. The number of likely N-dealkylation sites (tertiary alicyclic amines) is 1. The van der Waals surface area contributed by atoms with E-state index < -0.39 is 0 Å². The van der Waals surface area contributed by atoms with E-state index in [0.29, 0.717) is 18.7 Å². The molecule has 1 amide bonds. The molecule has 0 saturated carbocycles. The number of benzene rings is 2. The summed E-state index contributed by atoms with van der Waals surface area (Å²) in [4.78, 5) is 14.6. The van der Waals surface area contributed by atoms with E-state index in [2.05, 4.69) is 10.2 Å². The van der Waals surface area contributed by atoms with Crippen LogP contribution < -0.4 is 5.32 Å². The molecule has 25 heavy (non-hydrogen) atoms. The monoisotopic (exact) mass is 342 g/mol. The minimum Gasteiger partial charge on any atom is -0.396 e. The molecule has 0 bridgehead atoms. The Bertz CT molecular complexity index is 708. The van der Waals surface area contributed by atoms with Gasteiger partial charge in [0, 0.05) is 37.2 Å². The molecular formula is C20H23FN2O2. The summed E-state index contributed by atoms with van der Waals surface area (Å²) < 4.78 is 13.4. The third-order valence-corrected chi connectivity index (χ3v) is 4.72. The van der Waals surface area contributed by atoms with E-state index in [0.717, 1.165) is 18.5 Å². The van der Waals surface area contributed by atoms with Gasteiger partial charge in [-0.1, -0.05) is 30.3 Å². The highest BCUT2D eigenvalue weighted by Gasteiger charge is 2.30. The number of nitrogens with zero attached hydrogens (tertiary/aromatic N) is 1. The topological polar surface area (TPSA) is 52.6 Å². The van der Waals surface area contributed by atoms with Crippen molar-refractivity contribution in [2.24, 2.45) is 5.92 Å². The summed E-state index contributed by atoms with van der Waals surface area (Å²) in [5.41, 5.74) is 1.53. The van der Waals surface area contributed by atoms with Crippen LogP contribution in [0.2, 0.25) is 0 Å². The molecule has 0 spiro atoms. The summed E-state index contributed by atoms with van der Waals surface area (Å²) in [6.07, 6.45) is 0.797. The highest BCUT2D eigenvalue weighted by Crippen LogP contribution is 2.20. The second kappa shape index (κ2) is 8.23.